The summed E-state index contributed by atoms with van der Waals surface area (Å²) in [6, 6.07) is 6.80. The lowest BCUT2D eigenvalue weighted by Gasteiger charge is -2.57. The SMILES string of the molecule is COC(=O)[C@]1(C)C[C@]2(C)OO[C@]1(C)C1=C2CN(S(=O)(=O)c2ccc(C)cc2)C1. The Morgan fingerprint density at radius 1 is 1.07 bits per heavy atom. The summed E-state index contributed by atoms with van der Waals surface area (Å²) in [4.78, 5) is 24.3. The molecule has 28 heavy (non-hydrogen) atoms. The zero-order chi connectivity index (χ0) is 20.5. The van der Waals surface area contributed by atoms with Gasteiger partial charge in [-0.05, 0) is 51.0 Å². The molecule has 3 atom stereocenters. The van der Waals surface area contributed by atoms with Gasteiger partial charge < -0.3 is 4.74 Å². The minimum absolute atomic E-state index is 0.160. The Morgan fingerprint density at radius 3 is 2.29 bits per heavy atom. The van der Waals surface area contributed by atoms with Gasteiger partial charge in [-0.1, -0.05) is 17.7 Å². The standard InChI is InChI=1S/C20H25NO6S/c1-13-6-8-14(9-7-13)28(23,24)21-10-15-16(11-21)20(4)18(2,17(22)25-5)12-19(15,3)26-27-20/h6-9H,10-12H2,1-5H3/t18-,19-,20+/m0/s1. The molecule has 8 heteroatoms. The van der Waals surface area contributed by atoms with E-state index in [0.717, 1.165) is 16.7 Å². The topological polar surface area (TPSA) is 82.1 Å². The Bertz CT molecular complexity index is 984. The number of carbonyl (C=O) groups is 1. The number of ether oxygens (including phenoxy) is 1. The van der Waals surface area contributed by atoms with E-state index in [1.54, 1.807) is 38.1 Å². The van der Waals surface area contributed by atoms with Gasteiger partial charge in [0.05, 0.1) is 12.0 Å². The molecule has 4 aliphatic rings. The number of hydrogen-bond donors (Lipinski definition) is 0. The highest BCUT2D eigenvalue weighted by molar-refractivity contribution is 7.89. The van der Waals surface area contributed by atoms with Crippen LogP contribution in [-0.2, 0) is 29.3 Å². The third kappa shape index (κ3) is 2.38. The number of nitrogens with zero attached hydrogens (tertiary/aromatic N) is 1. The third-order valence-corrected chi connectivity index (χ3v) is 8.48. The maximum atomic E-state index is 13.2. The van der Waals surface area contributed by atoms with Crippen LogP contribution in [0.4, 0.5) is 0 Å². The molecule has 3 heterocycles. The van der Waals surface area contributed by atoms with E-state index in [9.17, 15) is 13.2 Å². The number of carbonyl (C=O) groups excluding carboxylic acids is 1. The van der Waals surface area contributed by atoms with Crippen molar-refractivity contribution in [2.24, 2.45) is 5.41 Å². The van der Waals surface area contributed by atoms with Crippen LogP contribution in [0.5, 0.6) is 0 Å². The zero-order valence-electron chi connectivity index (χ0n) is 16.7. The first-order valence-corrected chi connectivity index (χ1v) is 10.7. The Balaban J connectivity index is 1.74. The van der Waals surface area contributed by atoms with Crippen LogP contribution in [0.1, 0.15) is 32.8 Å². The molecule has 2 bridgehead atoms. The highest BCUT2D eigenvalue weighted by Gasteiger charge is 2.69. The van der Waals surface area contributed by atoms with Crippen molar-refractivity contribution in [2.45, 2.75) is 50.2 Å². The van der Waals surface area contributed by atoms with E-state index < -0.39 is 32.6 Å². The lowest BCUT2D eigenvalue weighted by Crippen LogP contribution is -2.65. The fourth-order valence-corrected chi connectivity index (χ4v) is 6.10. The van der Waals surface area contributed by atoms with Gasteiger partial charge in [0.2, 0.25) is 10.0 Å². The molecule has 152 valence electrons. The van der Waals surface area contributed by atoms with E-state index in [4.69, 9.17) is 14.5 Å². The third-order valence-electron chi connectivity index (χ3n) is 6.68. The molecule has 0 N–H and O–H groups in total. The first-order chi connectivity index (χ1) is 13.0. The van der Waals surface area contributed by atoms with E-state index >= 15 is 0 Å². The molecule has 0 aromatic heterocycles. The highest BCUT2D eigenvalue weighted by atomic mass is 32.2. The minimum Gasteiger partial charge on any atom is -0.469 e. The summed E-state index contributed by atoms with van der Waals surface area (Å²) < 4.78 is 32.9. The van der Waals surface area contributed by atoms with Crippen molar-refractivity contribution in [1.29, 1.82) is 0 Å². The lowest BCUT2D eigenvalue weighted by atomic mass is 9.58. The maximum Gasteiger partial charge on any atom is 0.315 e. The summed E-state index contributed by atoms with van der Waals surface area (Å²) >= 11 is 0. The molecular formula is C20H25NO6S. The number of methoxy groups -OCH3 is 1. The quantitative estimate of drug-likeness (QED) is 0.435. The monoisotopic (exact) mass is 407 g/mol. The summed E-state index contributed by atoms with van der Waals surface area (Å²) in [5.74, 6) is -0.393. The summed E-state index contributed by atoms with van der Waals surface area (Å²) in [5.41, 5.74) is -0.295. The van der Waals surface area contributed by atoms with Crippen LogP contribution in [0.25, 0.3) is 0 Å². The summed E-state index contributed by atoms with van der Waals surface area (Å²) in [6.07, 6.45) is 0.362. The van der Waals surface area contributed by atoms with Crippen LogP contribution in [0, 0.1) is 12.3 Å². The molecular weight excluding hydrogens is 382 g/mol. The van der Waals surface area contributed by atoms with Crippen molar-refractivity contribution in [3.63, 3.8) is 0 Å². The molecule has 1 fully saturated rings. The van der Waals surface area contributed by atoms with Crippen molar-refractivity contribution in [1.82, 2.24) is 4.31 Å². The predicted molar refractivity (Wildman–Crippen MR) is 101 cm³/mol. The summed E-state index contributed by atoms with van der Waals surface area (Å²) in [5, 5.41) is 0. The van der Waals surface area contributed by atoms with Crippen molar-refractivity contribution < 1.29 is 27.7 Å². The van der Waals surface area contributed by atoms with Crippen LogP contribution < -0.4 is 0 Å². The van der Waals surface area contributed by atoms with Crippen LogP contribution in [0.15, 0.2) is 40.3 Å². The Kier molecular flexibility index (Phi) is 4.11. The molecule has 5 rings (SSSR count). The molecule has 1 aromatic carbocycles. The summed E-state index contributed by atoms with van der Waals surface area (Å²) in [7, 11) is -2.34. The Morgan fingerprint density at radius 2 is 1.68 bits per heavy atom. The smallest absolute Gasteiger partial charge is 0.315 e. The second kappa shape index (κ2) is 5.89. The fourth-order valence-electron chi connectivity index (χ4n) is 4.73. The van der Waals surface area contributed by atoms with E-state index in [-0.39, 0.29) is 18.0 Å². The van der Waals surface area contributed by atoms with Gasteiger partial charge in [-0.3, -0.25) is 4.79 Å². The van der Waals surface area contributed by atoms with E-state index in [2.05, 4.69) is 0 Å². The van der Waals surface area contributed by atoms with Gasteiger partial charge in [0, 0.05) is 19.5 Å². The van der Waals surface area contributed by atoms with Gasteiger partial charge in [0.25, 0.3) is 0 Å². The molecule has 0 radical (unpaired) electrons. The molecule has 0 spiro atoms. The van der Waals surface area contributed by atoms with Crippen LogP contribution in [-0.4, -0.2) is 50.1 Å². The first-order valence-electron chi connectivity index (χ1n) is 9.23. The number of fused-ring (bicyclic) bond motifs is 2. The molecule has 1 saturated heterocycles. The molecule has 1 aliphatic carbocycles. The molecule has 0 unspecified atom stereocenters. The van der Waals surface area contributed by atoms with Crippen molar-refractivity contribution in [3.05, 3.63) is 41.0 Å². The van der Waals surface area contributed by atoms with E-state index in [0.29, 0.717) is 6.42 Å². The van der Waals surface area contributed by atoms with Crippen LogP contribution in [0.3, 0.4) is 0 Å². The van der Waals surface area contributed by atoms with Gasteiger partial charge in [0.1, 0.15) is 16.6 Å². The number of esters is 1. The van der Waals surface area contributed by atoms with Gasteiger partial charge in [-0.2, -0.15) is 4.31 Å². The molecule has 3 aliphatic heterocycles. The fraction of sp³-hybridized carbons (Fsp3) is 0.550. The zero-order valence-corrected chi connectivity index (χ0v) is 17.6. The maximum absolute atomic E-state index is 13.2. The number of benzene rings is 1. The second-order valence-corrected chi connectivity index (χ2v) is 10.4. The van der Waals surface area contributed by atoms with Gasteiger partial charge in [-0.25, -0.2) is 18.2 Å². The largest absolute Gasteiger partial charge is 0.469 e. The molecule has 0 saturated carbocycles. The minimum atomic E-state index is -3.69. The second-order valence-electron chi connectivity index (χ2n) is 8.47. The van der Waals surface area contributed by atoms with Crippen molar-refractivity contribution in [3.8, 4) is 0 Å². The first kappa shape index (κ1) is 19.6. The Hall–Kier alpha value is -1.74. The lowest BCUT2D eigenvalue weighted by molar-refractivity contribution is -0.450. The van der Waals surface area contributed by atoms with Gasteiger partial charge >= 0.3 is 5.97 Å². The van der Waals surface area contributed by atoms with E-state index in [1.165, 1.54) is 11.4 Å². The number of rotatable bonds is 3. The van der Waals surface area contributed by atoms with Gasteiger partial charge in [0.15, 0.2) is 0 Å². The molecule has 1 aromatic rings. The Labute approximate surface area is 165 Å². The average Bonchev–Trinajstić information content (AvgIpc) is 3.13. The number of aryl methyl sites for hydroxylation is 1. The van der Waals surface area contributed by atoms with Crippen molar-refractivity contribution >= 4 is 16.0 Å². The van der Waals surface area contributed by atoms with Crippen molar-refractivity contribution in [2.75, 3.05) is 20.2 Å². The average molecular weight is 407 g/mol. The van der Waals surface area contributed by atoms with Gasteiger partial charge in [-0.15, -0.1) is 0 Å². The highest BCUT2D eigenvalue weighted by Crippen LogP contribution is 2.60. The van der Waals surface area contributed by atoms with E-state index in [1.807, 2.05) is 13.8 Å². The normalized spacial score (nSPS) is 35.2. The van der Waals surface area contributed by atoms with Crippen LogP contribution in [0.2, 0.25) is 0 Å². The molecule has 7 nitrogen and oxygen atoms in total. The summed E-state index contributed by atoms with van der Waals surface area (Å²) in [6.45, 7) is 7.70. The van der Waals surface area contributed by atoms with Crippen LogP contribution >= 0.6 is 0 Å². The molecule has 0 amide bonds. The number of hydrogen-bond acceptors (Lipinski definition) is 6. The predicted octanol–water partition coefficient (Wildman–Crippen LogP) is 2.36. The number of sulfonamides is 1.